The Balaban J connectivity index is 3.05. The fraction of sp³-hybridized carbons (Fsp3) is 0.722. The van der Waals surface area contributed by atoms with Gasteiger partial charge in [-0.3, -0.25) is 20.1 Å². The minimum atomic E-state index is -0.772. The number of likely N-dealkylation sites (tertiary alicyclic amines) is 1. The zero-order chi connectivity index (χ0) is 18.5. The van der Waals surface area contributed by atoms with Gasteiger partial charge in [0.2, 0.25) is 5.90 Å². The number of aliphatic carboxylic acids is 1. The number of hydrogen-bond donors (Lipinski definition) is 2. The van der Waals surface area contributed by atoms with Gasteiger partial charge in [-0.2, -0.15) is 0 Å². The molecule has 2 N–H and O–H groups in total. The van der Waals surface area contributed by atoms with E-state index in [0.29, 0.717) is 31.8 Å². The Hall–Kier alpha value is -1.69. The highest BCUT2D eigenvalue weighted by atomic mass is 16.5. The molecule has 1 fully saturated rings. The number of carboxylic acids is 1. The third-order valence-corrected chi connectivity index (χ3v) is 4.96. The lowest BCUT2D eigenvalue weighted by molar-refractivity contribution is -0.147. The highest BCUT2D eigenvalue weighted by molar-refractivity contribution is 6.38. The molecule has 1 saturated heterocycles. The van der Waals surface area contributed by atoms with Gasteiger partial charge in [0.05, 0.1) is 18.1 Å². The first kappa shape index (κ1) is 20.4. The molecule has 0 aromatic rings. The number of carbonyl (C=O) groups is 1. The number of rotatable bonds is 7. The van der Waals surface area contributed by atoms with Crippen LogP contribution in [0, 0.1) is 16.7 Å². The van der Waals surface area contributed by atoms with Crippen LogP contribution in [0.4, 0.5) is 0 Å². The van der Waals surface area contributed by atoms with Crippen LogP contribution in [-0.4, -0.2) is 59.9 Å². The molecule has 1 heterocycles. The molecule has 0 saturated carbocycles. The van der Waals surface area contributed by atoms with E-state index in [2.05, 4.69) is 13.8 Å². The fourth-order valence-corrected chi connectivity index (χ4v) is 2.84. The second-order valence-electron chi connectivity index (χ2n) is 7.30. The van der Waals surface area contributed by atoms with E-state index in [4.69, 9.17) is 15.1 Å². The summed E-state index contributed by atoms with van der Waals surface area (Å²) in [6.07, 6.45) is 4.60. The van der Waals surface area contributed by atoms with Gasteiger partial charge in [0.15, 0.2) is 0 Å². The maximum atomic E-state index is 11.4. The molecule has 6 nitrogen and oxygen atoms in total. The first-order valence-electron chi connectivity index (χ1n) is 8.39. The van der Waals surface area contributed by atoms with Gasteiger partial charge >= 0.3 is 5.97 Å². The van der Waals surface area contributed by atoms with Crippen LogP contribution in [-0.2, 0) is 9.53 Å². The van der Waals surface area contributed by atoms with Crippen molar-refractivity contribution >= 4 is 17.6 Å². The van der Waals surface area contributed by atoms with E-state index >= 15 is 0 Å². The van der Waals surface area contributed by atoms with E-state index < -0.39 is 16.9 Å². The van der Waals surface area contributed by atoms with Crippen LogP contribution in [0.2, 0.25) is 0 Å². The largest absolute Gasteiger partial charge is 0.481 e. The molecule has 2 atom stereocenters. The molecule has 0 spiro atoms. The van der Waals surface area contributed by atoms with Crippen LogP contribution < -0.4 is 0 Å². The molecule has 1 aliphatic heterocycles. The predicted molar refractivity (Wildman–Crippen MR) is 97.0 cm³/mol. The number of nitrogens with zero attached hydrogens (tertiary/aromatic N) is 2. The summed E-state index contributed by atoms with van der Waals surface area (Å²) in [5, 5.41) is 17.5. The Kier molecular flexibility index (Phi) is 6.72. The molecule has 6 heteroatoms. The van der Waals surface area contributed by atoms with Crippen LogP contribution in [0.1, 0.15) is 41.0 Å². The molecule has 0 aromatic heterocycles. The van der Waals surface area contributed by atoms with Crippen molar-refractivity contribution in [2.24, 2.45) is 16.3 Å². The Morgan fingerprint density at radius 3 is 2.58 bits per heavy atom. The van der Waals surface area contributed by atoms with Crippen LogP contribution >= 0.6 is 0 Å². The highest BCUT2D eigenvalue weighted by Crippen LogP contribution is 2.30. The van der Waals surface area contributed by atoms with E-state index in [-0.39, 0.29) is 11.8 Å². The normalized spacial score (nSPS) is 25.2. The van der Waals surface area contributed by atoms with Crippen LogP contribution in [0.25, 0.3) is 0 Å². The number of hydrogen-bond acceptors (Lipinski definition) is 5. The highest BCUT2D eigenvalue weighted by Gasteiger charge is 2.41. The van der Waals surface area contributed by atoms with E-state index in [1.54, 1.807) is 6.92 Å². The van der Waals surface area contributed by atoms with E-state index in [9.17, 15) is 9.90 Å². The molecule has 1 aliphatic rings. The minimum absolute atomic E-state index is 0.0373. The quantitative estimate of drug-likeness (QED) is 0.425. The molecule has 0 aliphatic carbocycles. The maximum Gasteiger partial charge on any atom is 0.310 e. The van der Waals surface area contributed by atoms with Gasteiger partial charge in [-0.05, 0) is 39.7 Å². The van der Waals surface area contributed by atoms with Crippen molar-refractivity contribution in [3.8, 4) is 0 Å². The Morgan fingerprint density at radius 2 is 2.17 bits per heavy atom. The first-order valence-corrected chi connectivity index (χ1v) is 8.39. The third-order valence-electron chi connectivity index (χ3n) is 4.96. The Bertz CT molecular complexity index is 542. The van der Waals surface area contributed by atoms with E-state index in [0.717, 1.165) is 0 Å². The average molecular weight is 337 g/mol. The van der Waals surface area contributed by atoms with Gasteiger partial charge in [-0.15, -0.1) is 0 Å². The van der Waals surface area contributed by atoms with Crippen molar-refractivity contribution < 1.29 is 14.6 Å². The molecule has 0 amide bonds. The summed E-state index contributed by atoms with van der Waals surface area (Å²) >= 11 is 0. The minimum Gasteiger partial charge on any atom is -0.481 e. The lowest BCUT2D eigenvalue weighted by atomic mass is 9.88. The average Bonchev–Trinajstić information content (AvgIpc) is 2.88. The predicted octanol–water partition coefficient (Wildman–Crippen LogP) is 2.84. The molecule has 1 rings (SSSR count). The Labute approximate surface area is 145 Å². The summed E-state index contributed by atoms with van der Waals surface area (Å²) in [7, 11) is 1.46. The maximum absolute atomic E-state index is 11.4. The van der Waals surface area contributed by atoms with Crippen LogP contribution in [0.3, 0.4) is 0 Å². The Morgan fingerprint density at radius 1 is 1.54 bits per heavy atom. The van der Waals surface area contributed by atoms with E-state index in [1.165, 1.54) is 7.11 Å². The lowest BCUT2D eigenvalue weighted by Crippen LogP contribution is -2.38. The van der Waals surface area contributed by atoms with Crippen LogP contribution in [0.5, 0.6) is 0 Å². The van der Waals surface area contributed by atoms with Crippen molar-refractivity contribution in [2.45, 2.75) is 46.6 Å². The van der Waals surface area contributed by atoms with Crippen molar-refractivity contribution in [1.29, 1.82) is 5.41 Å². The summed E-state index contributed by atoms with van der Waals surface area (Å²) in [6, 6.07) is 0. The topological polar surface area (TPSA) is 86.0 Å². The standard InChI is InChI=1S/C18H31N3O3/c1-7-8-18(5,13(2)3)20-14(15(19)24-6)11-21-10-9-17(4,12-21)16(22)23/h7-8,13,19H,9-12H2,1-6H3,(H,22,23)/b8-7-,19-15?,20-14-. The lowest BCUT2D eigenvalue weighted by Gasteiger charge is -2.28. The third kappa shape index (κ3) is 4.66. The number of methoxy groups -OCH3 is 1. The summed E-state index contributed by atoms with van der Waals surface area (Å²) < 4.78 is 5.11. The summed E-state index contributed by atoms with van der Waals surface area (Å²) in [5.74, 6) is -0.474. The summed E-state index contributed by atoms with van der Waals surface area (Å²) in [4.78, 5) is 18.3. The number of ether oxygens (including phenoxy) is 1. The zero-order valence-electron chi connectivity index (χ0n) is 15.7. The summed E-state index contributed by atoms with van der Waals surface area (Å²) in [6.45, 7) is 11.5. The molecule has 24 heavy (non-hydrogen) atoms. The second kappa shape index (κ2) is 7.92. The van der Waals surface area contributed by atoms with Crippen molar-refractivity contribution in [1.82, 2.24) is 4.90 Å². The van der Waals surface area contributed by atoms with Gasteiger partial charge < -0.3 is 9.84 Å². The monoisotopic (exact) mass is 337 g/mol. The van der Waals surface area contributed by atoms with Crippen molar-refractivity contribution in [2.75, 3.05) is 26.7 Å². The van der Waals surface area contributed by atoms with Gasteiger partial charge in [0.1, 0.15) is 5.71 Å². The summed E-state index contributed by atoms with van der Waals surface area (Å²) in [5.41, 5.74) is -0.600. The van der Waals surface area contributed by atoms with Crippen LogP contribution in [0.15, 0.2) is 17.1 Å². The van der Waals surface area contributed by atoms with E-state index in [1.807, 2.05) is 30.9 Å². The molecule has 0 bridgehead atoms. The van der Waals surface area contributed by atoms with Crippen molar-refractivity contribution in [3.05, 3.63) is 12.2 Å². The SMILES string of the molecule is C/C=C\C(C)(/N=C(/CN1CCC(C)(C(=O)O)C1)C(=N)OC)C(C)C. The zero-order valence-corrected chi connectivity index (χ0v) is 15.7. The fourth-order valence-electron chi connectivity index (χ4n) is 2.84. The molecule has 0 radical (unpaired) electrons. The smallest absolute Gasteiger partial charge is 0.310 e. The number of carboxylic acid groups (broad SMARTS) is 1. The number of nitrogens with one attached hydrogen (secondary N) is 1. The number of aliphatic imine (C=N–C) groups is 1. The molecule has 0 aromatic carbocycles. The van der Waals surface area contributed by atoms with Gasteiger partial charge in [-0.25, -0.2) is 0 Å². The first-order chi connectivity index (χ1) is 11.1. The van der Waals surface area contributed by atoms with Gasteiger partial charge in [0, 0.05) is 13.1 Å². The van der Waals surface area contributed by atoms with Gasteiger partial charge in [0.25, 0.3) is 0 Å². The second-order valence-corrected chi connectivity index (χ2v) is 7.30. The number of allylic oxidation sites excluding steroid dienone is 1. The van der Waals surface area contributed by atoms with Crippen molar-refractivity contribution in [3.63, 3.8) is 0 Å². The van der Waals surface area contributed by atoms with Gasteiger partial charge in [-0.1, -0.05) is 26.0 Å². The molecular weight excluding hydrogens is 306 g/mol. The molecule has 136 valence electrons. The molecule has 2 unspecified atom stereocenters. The molecular formula is C18H31N3O3.